The summed E-state index contributed by atoms with van der Waals surface area (Å²) < 4.78 is 5.39. The number of hydrogen-bond acceptors (Lipinski definition) is 4. The minimum Gasteiger partial charge on any atom is -0.507 e. The number of ketones is 1. The van der Waals surface area contributed by atoms with E-state index in [0.717, 1.165) is 0 Å². The lowest BCUT2D eigenvalue weighted by Gasteiger charge is -2.22. The average molecular weight is 248 g/mol. The summed E-state index contributed by atoms with van der Waals surface area (Å²) in [4.78, 5) is 11.9. The van der Waals surface area contributed by atoms with Crippen molar-refractivity contribution < 1.29 is 19.7 Å². The van der Waals surface area contributed by atoms with E-state index < -0.39 is 0 Å². The first-order valence-corrected chi connectivity index (χ1v) is 5.92. The molecule has 1 aromatic rings. The summed E-state index contributed by atoms with van der Waals surface area (Å²) >= 11 is 0. The predicted molar refractivity (Wildman–Crippen MR) is 67.5 cm³/mol. The summed E-state index contributed by atoms with van der Waals surface area (Å²) in [5.74, 6) is 0.0130. The molecular weight excluding hydrogens is 232 g/mol. The van der Waals surface area contributed by atoms with Crippen LogP contribution < -0.4 is 4.74 Å². The van der Waals surface area contributed by atoms with Gasteiger partial charge in [0.25, 0.3) is 0 Å². The minimum atomic E-state index is -0.157. The van der Waals surface area contributed by atoms with Gasteiger partial charge < -0.3 is 14.9 Å². The molecule has 0 amide bonds. The van der Waals surface area contributed by atoms with E-state index in [1.165, 1.54) is 0 Å². The molecule has 4 nitrogen and oxygen atoms in total. The number of phenols is 2. The van der Waals surface area contributed by atoms with Crippen molar-refractivity contribution in [3.05, 3.63) is 28.8 Å². The maximum Gasteiger partial charge on any atom is 0.173 e. The Morgan fingerprint density at radius 1 is 1.33 bits per heavy atom. The molecule has 1 aliphatic rings. The van der Waals surface area contributed by atoms with Crippen molar-refractivity contribution in [3.63, 3.8) is 0 Å². The van der Waals surface area contributed by atoms with Crippen LogP contribution in [0.3, 0.4) is 0 Å². The van der Waals surface area contributed by atoms with Crippen molar-refractivity contribution in [3.8, 4) is 17.2 Å². The maximum absolute atomic E-state index is 11.9. The van der Waals surface area contributed by atoms with Crippen molar-refractivity contribution in [1.82, 2.24) is 0 Å². The number of phenolic OH excluding ortho intramolecular Hbond substituents is 2. The van der Waals surface area contributed by atoms with Gasteiger partial charge >= 0.3 is 0 Å². The van der Waals surface area contributed by atoms with Crippen molar-refractivity contribution in [2.75, 3.05) is 6.61 Å². The molecule has 0 unspecified atom stereocenters. The van der Waals surface area contributed by atoms with Gasteiger partial charge in [0.1, 0.15) is 22.8 Å². The molecule has 1 aromatic carbocycles. The summed E-state index contributed by atoms with van der Waals surface area (Å²) in [6, 6.07) is 0. The van der Waals surface area contributed by atoms with Gasteiger partial charge in [0.15, 0.2) is 5.78 Å². The zero-order valence-electron chi connectivity index (χ0n) is 10.5. The first kappa shape index (κ1) is 12.5. The second kappa shape index (κ2) is 4.72. The smallest absolute Gasteiger partial charge is 0.173 e. The average Bonchev–Trinajstić information content (AvgIpc) is 2.36. The molecule has 0 saturated carbocycles. The highest BCUT2D eigenvalue weighted by Crippen LogP contribution is 2.44. The second-order valence-electron chi connectivity index (χ2n) is 4.30. The van der Waals surface area contributed by atoms with E-state index >= 15 is 0 Å². The summed E-state index contributed by atoms with van der Waals surface area (Å²) in [6.07, 6.45) is 4.28. The monoisotopic (exact) mass is 248 g/mol. The summed E-state index contributed by atoms with van der Waals surface area (Å²) in [6.45, 7) is 3.83. The van der Waals surface area contributed by atoms with E-state index in [0.29, 0.717) is 29.9 Å². The van der Waals surface area contributed by atoms with Gasteiger partial charge in [-0.05, 0) is 20.3 Å². The molecule has 0 radical (unpaired) electrons. The van der Waals surface area contributed by atoms with Gasteiger partial charge in [-0.2, -0.15) is 0 Å². The van der Waals surface area contributed by atoms with Crippen molar-refractivity contribution in [1.29, 1.82) is 0 Å². The number of Topliss-reactive ketones (excluding diaryl/α,β-unsaturated/α-hetero) is 1. The highest BCUT2D eigenvalue weighted by molar-refractivity contribution is 6.03. The standard InChI is InChI=1S/C14H16O4/c1-3-4-5-9-12(16)8(2)14-11(13(9)17)10(15)6-7-18-14/h3-4,16-17H,5-7H2,1-2H3/b4-3+. The molecule has 0 spiro atoms. The normalized spacial score (nSPS) is 14.7. The van der Waals surface area contributed by atoms with Gasteiger partial charge in [0.05, 0.1) is 6.61 Å². The molecule has 4 heteroatoms. The van der Waals surface area contributed by atoms with Crippen molar-refractivity contribution in [2.45, 2.75) is 26.7 Å². The van der Waals surface area contributed by atoms with Gasteiger partial charge in [-0.15, -0.1) is 0 Å². The molecule has 0 bridgehead atoms. The Balaban J connectivity index is 2.66. The fourth-order valence-corrected chi connectivity index (χ4v) is 2.13. The Bertz CT molecular complexity index is 529. The van der Waals surface area contributed by atoms with Crippen LogP contribution in [0.4, 0.5) is 0 Å². The number of ether oxygens (including phenoxy) is 1. The topological polar surface area (TPSA) is 66.8 Å². The van der Waals surface area contributed by atoms with Crippen molar-refractivity contribution in [2.24, 2.45) is 0 Å². The molecule has 0 saturated heterocycles. The predicted octanol–water partition coefficient (Wildman–Crippen LogP) is 2.49. The molecular formula is C14H16O4. The van der Waals surface area contributed by atoms with Gasteiger partial charge in [-0.3, -0.25) is 4.79 Å². The second-order valence-corrected chi connectivity index (χ2v) is 4.30. The molecule has 0 fully saturated rings. The molecule has 96 valence electrons. The van der Waals surface area contributed by atoms with Crippen LogP contribution in [0.25, 0.3) is 0 Å². The third-order valence-electron chi connectivity index (χ3n) is 3.14. The molecule has 0 atom stereocenters. The molecule has 2 N–H and O–H groups in total. The Labute approximate surface area is 106 Å². The summed E-state index contributed by atoms with van der Waals surface area (Å²) in [5, 5.41) is 20.2. The van der Waals surface area contributed by atoms with Crippen LogP contribution in [0.5, 0.6) is 17.2 Å². The van der Waals surface area contributed by atoms with Crippen molar-refractivity contribution >= 4 is 5.78 Å². The van der Waals surface area contributed by atoms with Gasteiger partial charge in [0, 0.05) is 17.5 Å². The van der Waals surface area contributed by atoms with Gasteiger partial charge in [0.2, 0.25) is 0 Å². The molecule has 18 heavy (non-hydrogen) atoms. The molecule has 1 heterocycles. The van der Waals surface area contributed by atoms with E-state index in [1.807, 2.05) is 19.1 Å². The Kier molecular flexibility index (Phi) is 3.28. The van der Waals surface area contributed by atoms with Crippen LogP contribution >= 0.6 is 0 Å². The van der Waals surface area contributed by atoms with Crippen LogP contribution in [0, 0.1) is 6.92 Å². The minimum absolute atomic E-state index is 0.000880. The Morgan fingerprint density at radius 2 is 2.06 bits per heavy atom. The quantitative estimate of drug-likeness (QED) is 0.789. The lowest BCUT2D eigenvalue weighted by atomic mass is 9.94. The number of carbonyl (C=O) groups is 1. The maximum atomic E-state index is 11.9. The SMILES string of the molecule is C/C=C/Cc1c(O)c(C)c2c(c1O)C(=O)CCO2. The summed E-state index contributed by atoms with van der Waals surface area (Å²) in [7, 11) is 0. The number of carbonyl (C=O) groups excluding carboxylic acids is 1. The van der Waals surface area contributed by atoms with Gasteiger partial charge in [-0.1, -0.05) is 12.2 Å². The third-order valence-corrected chi connectivity index (χ3v) is 3.14. The number of rotatable bonds is 2. The third kappa shape index (κ3) is 1.83. The highest BCUT2D eigenvalue weighted by atomic mass is 16.5. The van der Waals surface area contributed by atoms with Crippen LogP contribution in [0.1, 0.15) is 34.8 Å². The molecule has 1 aliphatic heterocycles. The van der Waals surface area contributed by atoms with Crippen LogP contribution in [-0.4, -0.2) is 22.6 Å². The van der Waals surface area contributed by atoms with Gasteiger partial charge in [-0.25, -0.2) is 0 Å². The van der Waals surface area contributed by atoms with Crippen LogP contribution in [0.2, 0.25) is 0 Å². The van der Waals surface area contributed by atoms with Crippen LogP contribution in [-0.2, 0) is 6.42 Å². The molecule has 0 aromatic heterocycles. The molecule has 2 rings (SSSR count). The fraction of sp³-hybridized carbons (Fsp3) is 0.357. The zero-order chi connectivity index (χ0) is 13.3. The largest absolute Gasteiger partial charge is 0.507 e. The number of fused-ring (bicyclic) bond motifs is 1. The van der Waals surface area contributed by atoms with E-state index in [4.69, 9.17) is 4.74 Å². The zero-order valence-corrected chi connectivity index (χ0v) is 10.5. The lowest BCUT2D eigenvalue weighted by Crippen LogP contribution is -2.17. The highest BCUT2D eigenvalue weighted by Gasteiger charge is 2.29. The number of aromatic hydroxyl groups is 2. The van der Waals surface area contributed by atoms with Crippen LogP contribution in [0.15, 0.2) is 12.2 Å². The number of allylic oxidation sites excluding steroid dienone is 2. The fourth-order valence-electron chi connectivity index (χ4n) is 2.13. The first-order chi connectivity index (χ1) is 8.57. The number of benzene rings is 1. The Morgan fingerprint density at radius 3 is 2.72 bits per heavy atom. The lowest BCUT2D eigenvalue weighted by molar-refractivity contribution is 0.0928. The van der Waals surface area contributed by atoms with E-state index in [9.17, 15) is 15.0 Å². The van der Waals surface area contributed by atoms with E-state index in [-0.39, 0.29) is 29.3 Å². The van der Waals surface area contributed by atoms with E-state index in [1.54, 1.807) is 6.92 Å². The van der Waals surface area contributed by atoms with E-state index in [2.05, 4.69) is 0 Å². The molecule has 0 aliphatic carbocycles. The number of hydrogen-bond donors (Lipinski definition) is 2. The first-order valence-electron chi connectivity index (χ1n) is 5.92. The summed E-state index contributed by atoms with van der Waals surface area (Å²) in [5.41, 5.74) is 1.09. The Hall–Kier alpha value is -1.97.